The van der Waals surface area contributed by atoms with Gasteiger partial charge < -0.3 is 4.74 Å². The Morgan fingerprint density at radius 3 is 2.88 bits per heavy atom. The fraction of sp³-hybridized carbons (Fsp3) is 0.312. The van der Waals surface area contributed by atoms with Gasteiger partial charge in [-0.2, -0.15) is 4.98 Å². The van der Waals surface area contributed by atoms with Gasteiger partial charge in [-0.15, -0.1) is 16.4 Å². The molecule has 0 atom stereocenters. The first-order valence-corrected chi connectivity index (χ1v) is 9.81. The van der Waals surface area contributed by atoms with Crippen molar-refractivity contribution in [3.8, 4) is 0 Å². The number of halogens is 2. The molecule has 0 aliphatic heterocycles. The van der Waals surface area contributed by atoms with Gasteiger partial charge in [0.05, 0.1) is 6.54 Å². The van der Waals surface area contributed by atoms with Gasteiger partial charge in [-0.3, -0.25) is 4.90 Å². The molecule has 1 amide bonds. The minimum atomic E-state index is -0.617. The third-order valence-corrected chi connectivity index (χ3v) is 4.76. The Morgan fingerprint density at radius 2 is 2.24 bits per heavy atom. The summed E-state index contributed by atoms with van der Waals surface area (Å²) in [4.78, 5) is 19.7. The summed E-state index contributed by atoms with van der Waals surface area (Å²) in [5, 5.41) is 6.19. The molecule has 0 N–H and O–H groups in total. The van der Waals surface area contributed by atoms with Crippen LogP contribution in [0.15, 0.2) is 29.8 Å². The molecule has 0 unspecified atom stereocenters. The number of ether oxygens (including phenoxy) is 1. The van der Waals surface area contributed by atoms with Crippen LogP contribution in [0.25, 0.3) is 5.52 Å². The summed E-state index contributed by atoms with van der Waals surface area (Å²) in [5.41, 5.74) is 0.0742. The molecule has 25 heavy (non-hydrogen) atoms. The van der Waals surface area contributed by atoms with Gasteiger partial charge in [-0.25, -0.2) is 9.31 Å². The average molecular weight is 491 g/mol. The minimum absolute atomic E-state index is 0.0641. The Kier molecular flexibility index (Phi) is 5.21. The Morgan fingerprint density at radius 1 is 1.48 bits per heavy atom. The first kappa shape index (κ1) is 18.4. The quantitative estimate of drug-likeness (QED) is 0.485. The molecule has 0 aliphatic rings. The van der Waals surface area contributed by atoms with Crippen molar-refractivity contribution in [2.75, 3.05) is 4.90 Å². The van der Waals surface area contributed by atoms with Crippen molar-refractivity contribution in [3.05, 3.63) is 43.5 Å². The third kappa shape index (κ3) is 4.42. The Labute approximate surface area is 167 Å². The molecule has 3 aromatic rings. The molecule has 0 fully saturated rings. The van der Waals surface area contributed by atoms with E-state index in [0.717, 1.165) is 8.45 Å². The first-order valence-electron chi connectivity index (χ1n) is 7.47. The van der Waals surface area contributed by atoms with Crippen molar-refractivity contribution in [1.29, 1.82) is 0 Å². The van der Waals surface area contributed by atoms with E-state index in [2.05, 4.69) is 32.7 Å². The highest BCUT2D eigenvalue weighted by Crippen LogP contribution is 2.27. The number of carbonyl (C=O) groups excluding carboxylic acids is 1. The first-order chi connectivity index (χ1) is 11.7. The lowest BCUT2D eigenvalue weighted by molar-refractivity contribution is 0.0577. The average Bonchev–Trinajstić information content (AvgIpc) is 3.10. The number of aromatic nitrogens is 3. The number of fused-ring (bicyclic) bond motifs is 1. The number of nitrogens with zero attached hydrogens (tertiary/aromatic N) is 4. The fourth-order valence-electron chi connectivity index (χ4n) is 2.23. The van der Waals surface area contributed by atoms with Crippen LogP contribution in [0.2, 0.25) is 5.28 Å². The van der Waals surface area contributed by atoms with Crippen molar-refractivity contribution in [2.24, 2.45) is 0 Å². The van der Waals surface area contributed by atoms with Gasteiger partial charge in [0, 0.05) is 14.6 Å². The van der Waals surface area contributed by atoms with Gasteiger partial charge in [0.15, 0.2) is 5.82 Å². The summed E-state index contributed by atoms with van der Waals surface area (Å²) in [6.07, 6.45) is 1.35. The maximum absolute atomic E-state index is 12.8. The summed E-state index contributed by atoms with van der Waals surface area (Å²) in [6, 6.07) is 5.80. The van der Waals surface area contributed by atoms with Gasteiger partial charge in [0.25, 0.3) is 0 Å². The van der Waals surface area contributed by atoms with Crippen LogP contribution in [0.4, 0.5) is 10.6 Å². The normalized spacial score (nSPS) is 11.7. The maximum atomic E-state index is 12.8. The van der Waals surface area contributed by atoms with Crippen LogP contribution in [-0.4, -0.2) is 26.3 Å². The van der Waals surface area contributed by atoms with E-state index in [1.807, 2.05) is 50.5 Å². The molecule has 0 radical (unpaired) electrons. The summed E-state index contributed by atoms with van der Waals surface area (Å²) in [6.45, 7) is 5.84. The molecule has 132 valence electrons. The molecule has 6 nitrogen and oxygen atoms in total. The van der Waals surface area contributed by atoms with Gasteiger partial charge in [0.1, 0.15) is 11.1 Å². The molecular formula is C16H16ClIN4O2S. The molecule has 0 aliphatic carbocycles. The summed E-state index contributed by atoms with van der Waals surface area (Å²) in [5.74, 6) is 0.422. The van der Waals surface area contributed by atoms with E-state index in [4.69, 9.17) is 16.3 Å². The standard InChI is InChI=1S/C16H16ClIN4O2S/c1-16(2,3)24-15(23)21(9-11-5-4-6-25-11)13-12-7-10(18)8-22(12)20-14(17)19-13/h4-8H,9H2,1-3H3. The zero-order chi connectivity index (χ0) is 18.2. The van der Waals surface area contributed by atoms with Crippen molar-refractivity contribution in [3.63, 3.8) is 0 Å². The topological polar surface area (TPSA) is 59.7 Å². The number of thiophene rings is 1. The monoisotopic (exact) mass is 490 g/mol. The highest BCUT2D eigenvalue weighted by molar-refractivity contribution is 14.1. The molecule has 3 heterocycles. The lowest BCUT2D eigenvalue weighted by Crippen LogP contribution is -2.37. The second kappa shape index (κ2) is 7.08. The Hall–Kier alpha value is -1.39. The number of amides is 1. The van der Waals surface area contributed by atoms with Crippen LogP contribution in [-0.2, 0) is 11.3 Å². The lowest BCUT2D eigenvalue weighted by atomic mass is 10.2. The molecule has 3 rings (SSSR count). The van der Waals surface area contributed by atoms with E-state index in [-0.39, 0.29) is 5.28 Å². The molecule has 0 saturated carbocycles. The number of hydrogen-bond donors (Lipinski definition) is 0. The van der Waals surface area contributed by atoms with Crippen LogP contribution in [0.5, 0.6) is 0 Å². The predicted octanol–water partition coefficient (Wildman–Crippen LogP) is 4.99. The molecule has 0 aromatic carbocycles. The highest BCUT2D eigenvalue weighted by atomic mass is 127. The van der Waals surface area contributed by atoms with Gasteiger partial charge >= 0.3 is 6.09 Å². The van der Waals surface area contributed by atoms with Gasteiger partial charge in [-0.1, -0.05) is 6.07 Å². The molecule has 0 bridgehead atoms. The van der Waals surface area contributed by atoms with E-state index in [0.29, 0.717) is 17.9 Å². The van der Waals surface area contributed by atoms with Crippen molar-refractivity contribution >= 4 is 63.0 Å². The van der Waals surface area contributed by atoms with E-state index < -0.39 is 11.7 Å². The van der Waals surface area contributed by atoms with Crippen molar-refractivity contribution in [1.82, 2.24) is 14.6 Å². The Bertz CT molecular complexity index is 905. The summed E-state index contributed by atoms with van der Waals surface area (Å²) < 4.78 is 8.17. The van der Waals surface area contributed by atoms with Crippen LogP contribution < -0.4 is 4.90 Å². The third-order valence-electron chi connectivity index (χ3n) is 3.15. The highest BCUT2D eigenvalue weighted by Gasteiger charge is 2.27. The summed E-state index contributed by atoms with van der Waals surface area (Å²) in [7, 11) is 0. The SMILES string of the molecule is CC(C)(C)OC(=O)N(Cc1cccs1)c1nc(Cl)nn2cc(I)cc12. The zero-order valence-corrected chi connectivity index (χ0v) is 17.6. The molecule has 0 saturated heterocycles. The number of carbonyl (C=O) groups is 1. The molecule has 9 heteroatoms. The number of hydrogen-bond acceptors (Lipinski definition) is 5. The van der Waals surface area contributed by atoms with Gasteiger partial charge in [0.2, 0.25) is 5.28 Å². The predicted molar refractivity (Wildman–Crippen MR) is 107 cm³/mol. The van der Waals surface area contributed by atoms with E-state index >= 15 is 0 Å². The minimum Gasteiger partial charge on any atom is -0.443 e. The number of rotatable bonds is 3. The summed E-state index contributed by atoms with van der Waals surface area (Å²) >= 11 is 9.82. The number of anilines is 1. The lowest BCUT2D eigenvalue weighted by Gasteiger charge is -2.26. The second-order valence-electron chi connectivity index (χ2n) is 6.34. The fourth-order valence-corrected chi connectivity index (χ4v) is 3.64. The van der Waals surface area contributed by atoms with Crippen molar-refractivity contribution in [2.45, 2.75) is 32.9 Å². The van der Waals surface area contributed by atoms with Crippen LogP contribution >= 0.6 is 45.5 Å². The van der Waals surface area contributed by atoms with E-state index in [9.17, 15) is 4.79 Å². The largest absolute Gasteiger partial charge is 0.443 e. The molecular weight excluding hydrogens is 475 g/mol. The van der Waals surface area contributed by atoms with Crippen LogP contribution in [0.1, 0.15) is 25.6 Å². The van der Waals surface area contributed by atoms with E-state index in [1.54, 1.807) is 15.9 Å². The zero-order valence-electron chi connectivity index (χ0n) is 13.9. The van der Waals surface area contributed by atoms with E-state index in [1.165, 1.54) is 4.90 Å². The van der Waals surface area contributed by atoms with Crippen LogP contribution in [0, 0.1) is 3.57 Å². The van der Waals surface area contributed by atoms with Crippen molar-refractivity contribution < 1.29 is 9.53 Å². The molecule has 3 aromatic heterocycles. The molecule has 0 spiro atoms. The van der Waals surface area contributed by atoms with Gasteiger partial charge in [-0.05, 0) is 72.5 Å². The second-order valence-corrected chi connectivity index (χ2v) is 8.95. The maximum Gasteiger partial charge on any atom is 0.416 e. The van der Waals surface area contributed by atoms with Crippen LogP contribution in [0.3, 0.4) is 0 Å². The Balaban J connectivity index is 2.09. The smallest absolute Gasteiger partial charge is 0.416 e.